The number of hydrogen-bond donors (Lipinski definition) is 2. The highest BCUT2D eigenvalue weighted by Gasteiger charge is 2.45. The van der Waals surface area contributed by atoms with E-state index >= 15 is 0 Å². The van der Waals surface area contributed by atoms with Crippen LogP contribution in [0.15, 0.2) is 12.4 Å². The van der Waals surface area contributed by atoms with Crippen LogP contribution in [0.25, 0.3) is 0 Å². The van der Waals surface area contributed by atoms with Crippen LogP contribution >= 0.6 is 0 Å². The maximum atomic E-state index is 12.7. The molecule has 130 valence electrons. The molecule has 0 bridgehead atoms. The van der Waals surface area contributed by atoms with Crippen LogP contribution < -0.4 is 10.6 Å². The molecular weight excluding hydrogens is 306 g/mol. The molecule has 0 radical (unpaired) electrons. The van der Waals surface area contributed by atoms with Crippen LogP contribution in [0.3, 0.4) is 0 Å². The summed E-state index contributed by atoms with van der Waals surface area (Å²) in [5.74, 6) is 0.895. The summed E-state index contributed by atoms with van der Waals surface area (Å²) < 4.78 is 1.77. The minimum Gasteiger partial charge on any atom is -0.351 e. The van der Waals surface area contributed by atoms with Gasteiger partial charge in [0.1, 0.15) is 0 Å². The predicted molar refractivity (Wildman–Crippen MR) is 88.1 cm³/mol. The van der Waals surface area contributed by atoms with Gasteiger partial charge in [0.25, 0.3) is 0 Å². The SMILES string of the molecule is CC1CC1N1CC(NC(=O)[C@H]2CNC[C@@H]2c2cnn(C)c2)CC1=O. The number of aryl methyl sites for hydroxylation is 1. The molecule has 3 unspecified atom stereocenters. The standard InChI is InChI=1S/C17H25N5O2/c1-10-3-15(10)22-9-12(4-16(22)23)20-17(24)14-7-18-6-13(14)11-5-19-21(2)8-11/h5,8,10,12-15,18H,3-4,6-7,9H2,1-2H3,(H,20,24)/t10?,12?,13-,14+,15?/m1/s1. The number of carbonyl (C=O) groups excluding carboxylic acids is 2. The van der Waals surface area contributed by atoms with Crippen LogP contribution in [0.2, 0.25) is 0 Å². The third kappa shape index (κ3) is 2.81. The van der Waals surface area contributed by atoms with E-state index in [2.05, 4.69) is 22.7 Å². The van der Waals surface area contributed by atoms with Crippen molar-refractivity contribution in [1.29, 1.82) is 0 Å². The highest BCUT2D eigenvalue weighted by atomic mass is 16.2. The van der Waals surface area contributed by atoms with Crippen LogP contribution in [-0.4, -0.2) is 58.2 Å². The summed E-state index contributed by atoms with van der Waals surface area (Å²) in [7, 11) is 1.89. The molecule has 24 heavy (non-hydrogen) atoms. The van der Waals surface area contributed by atoms with Crippen molar-refractivity contribution < 1.29 is 9.59 Å². The third-order valence-corrected chi connectivity index (χ3v) is 5.68. The first-order chi connectivity index (χ1) is 11.5. The second kappa shape index (κ2) is 5.88. The van der Waals surface area contributed by atoms with E-state index in [1.54, 1.807) is 4.68 Å². The monoisotopic (exact) mass is 331 g/mol. The van der Waals surface area contributed by atoms with Gasteiger partial charge in [0.15, 0.2) is 0 Å². The lowest BCUT2D eigenvalue weighted by Gasteiger charge is -2.21. The molecular formula is C17H25N5O2. The molecule has 0 spiro atoms. The molecule has 1 aliphatic carbocycles. The van der Waals surface area contributed by atoms with Gasteiger partial charge in [-0.15, -0.1) is 0 Å². The van der Waals surface area contributed by atoms with Gasteiger partial charge in [-0.3, -0.25) is 14.3 Å². The van der Waals surface area contributed by atoms with Crippen LogP contribution in [0, 0.1) is 11.8 Å². The molecule has 3 aliphatic rings. The summed E-state index contributed by atoms with van der Waals surface area (Å²) in [4.78, 5) is 26.9. The zero-order chi connectivity index (χ0) is 16.8. The van der Waals surface area contributed by atoms with Crippen LogP contribution in [0.5, 0.6) is 0 Å². The zero-order valence-corrected chi connectivity index (χ0v) is 14.2. The van der Waals surface area contributed by atoms with Crippen molar-refractivity contribution in [2.45, 2.75) is 37.8 Å². The highest BCUT2D eigenvalue weighted by Crippen LogP contribution is 2.37. The lowest BCUT2D eigenvalue weighted by molar-refractivity contribution is -0.128. The number of carbonyl (C=O) groups is 2. The van der Waals surface area contributed by atoms with E-state index < -0.39 is 0 Å². The number of likely N-dealkylation sites (tertiary alicyclic amines) is 1. The smallest absolute Gasteiger partial charge is 0.225 e. The lowest BCUT2D eigenvalue weighted by atomic mass is 9.90. The van der Waals surface area contributed by atoms with E-state index in [9.17, 15) is 9.59 Å². The molecule has 1 aromatic heterocycles. The Kier molecular flexibility index (Phi) is 3.83. The predicted octanol–water partition coefficient (Wildman–Crippen LogP) is -0.151. The van der Waals surface area contributed by atoms with E-state index in [0.29, 0.717) is 31.5 Å². The molecule has 2 N–H and O–H groups in total. The van der Waals surface area contributed by atoms with Crippen LogP contribution in [-0.2, 0) is 16.6 Å². The van der Waals surface area contributed by atoms with Gasteiger partial charge in [-0.2, -0.15) is 5.10 Å². The maximum absolute atomic E-state index is 12.7. The van der Waals surface area contributed by atoms with Gasteiger partial charge in [0, 0.05) is 51.3 Å². The quantitative estimate of drug-likeness (QED) is 0.804. The Morgan fingerprint density at radius 2 is 2.21 bits per heavy atom. The van der Waals surface area contributed by atoms with Gasteiger partial charge < -0.3 is 15.5 Å². The van der Waals surface area contributed by atoms with E-state index in [0.717, 1.165) is 18.5 Å². The normalized spacial score (nSPS) is 35.5. The number of amides is 2. The van der Waals surface area contributed by atoms with Crippen molar-refractivity contribution in [3.05, 3.63) is 18.0 Å². The molecule has 1 saturated carbocycles. The van der Waals surface area contributed by atoms with Gasteiger partial charge in [-0.25, -0.2) is 0 Å². The summed E-state index contributed by atoms with van der Waals surface area (Å²) in [6.07, 6.45) is 5.36. The first-order valence-electron chi connectivity index (χ1n) is 8.82. The van der Waals surface area contributed by atoms with Gasteiger partial charge in [0.2, 0.25) is 11.8 Å². The molecule has 3 heterocycles. The van der Waals surface area contributed by atoms with Crippen molar-refractivity contribution in [2.75, 3.05) is 19.6 Å². The summed E-state index contributed by atoms with van der Waals surface area (Å²) in [5.41, 5.74) is 1.10. The second-order valence-electron chi connectivity index (χ2n) is 7.55. The Morgan fingerprint density at radius 1 is 1.42 bits per heavy atom. The van der Waals surface area contributed by atoms with Crippen molar-refractivity contribution in [1.82, 2.24) is 25.3 Å². The summed E-state index contributed by atoms with van der Waals surface area (Å²) in [6.45, 7) is 4.30. The molecule has 7 nitrogen and oxygen atoms in total. The van der Waals surface area contributed by atoms with E-state index in [4.69, 9.17) is 0 Å². The number of nitrogens with zero attached hydrogens (tertiary/aromatic N) is 3. The average molecular weight is 331 g/mol. The van der Waals surface area contributed by atoms with E-state index in [1.807, 2.05) is 24.3 Å². The Labute approximate surface area is 141 Å². The van der Waals surface area contributed by atoms with Gasteiger partial charge in [-0.1, -0.05) is 6.92 Å². The van der Waals surface area contributed by atoms with Crippen molar-refractivity contribution in [2.24, 2.45) is 18.9 Å². The summed E-state index contributed by atoms with van der Waals surface area (Å²) >= 11 is 0. The van der Waals surface area contributed by atoms with Crippen molar-refractivity contribution in [3.63, 3.8) is 0 Å². The Balaban J connectivity index is 1.38. The molecule has 4 rings (SSSR count). The number of rotatable bonds is 4. The molecule has 7 heteroatoms. The largest absolute Gasteiger partial charge is 0.351 e. The lowest BCUT2D eigenvalue weighted by Crippen LogP contribution is -2.42. The first-order valence-corrected chi connectivity index (χ1v) is 8.82. The molecule has 3 fully saturated rings. The average Bonchev–Trinajstić information content (AvgIpc) is 2.94. The summed E-state index contributed by atoms with van der Waals surface area (Å²) in [6, 6.07) is 0.351. The number of nitrogens with one attached hydrogen (secondary N) is 2. The van der Waals surface area contributed by atoms with Gasteiger partial charge in [0.05, 0.1) is 18.2 Å². The number of aromatic nitrogens is 2. The van der Waals surface area contributed by atoms with Crippen molar-refractivity contribution >= 4 is 11.8 Å². The summed E-state index contributed by atoms with van der Waals surface area (Å²) in [5, 5.41) is 10.6. The van der Waals surface area contributed by atoms with Crippen molar-refractivity contribution in [3.8, 4) is 0 Å². The third-order valence-electron chi connectivity index (χ3n) is 5.68. The first kappa shape index (κ1) is 15.6. The van der Waals surface area contributed by atoms with Gasteiger partial charge in [-0.05, 0) is 17.9 Å². The van der Waals surface area contributed by atoms with E-state index in [1.165, 1.54) is 0 Å². The number of hydrogen-bond acceptors (Lipinski definition) is 4. The fourth-order valence-electron chi connectivity index (χ4n) is 4.13. The molecule has 5 atom stereocenters. The molecule has 2 aliphatic heterocycles. The van der Waals surface area contributed by atoms with E-state index in [-0.39, 0.29) is 29.7 Å². The maximum Gasteiger partial charge on any atom is 0.225 e. The molecule has 1 aromatic rings. The Morgan fingerprint density at radius 3 is 2.88 bits per heavy atom. The second-order valence-corrected chi connectivity index (χ2v) is 7.55. The molecule has 2 amide bonds. The minimum atomic E-state index is -0.0989. The topological polar surface area (TPSA) is 79.3 Å². The van der Waals surface area contributed by atoms with Crippen LogP contribution in [0.1, 0.15) is 31.2 Å². The minimum absolute atomic E-state index is 0.0482. The Bertz CT molecular complexity index is 657. The fraction of sp³-hybridized carbons (Fsp3) is 0.706. The zero-order valence-electron chi connectivity index (χ0n) is 14.2. The van der Waals surface area contributed by atoms with Gasteiger partial charge >= 0.3 is 0 Å². The Hall–Kier alpha value is -1.89. The molecule has 2 saturated heterocycles. The highest BCUT2D eigenvalue weighted by molar-refractivity contribution is 5.84. The fourth-order valence-corrected chi connectivity index (χ4v) is 4.13. The van der Waals surface area contributed by atoms with Crippen LogP contribution in [0.4, 0.5) is 0 Å². The molecule has 0 aromatic carbocycles.